The van der Waals surface area contributed by atoms with Crippen LogP contribution in [-0.4, -0.2) is 23.8 Å². The summed E-state index contributed by atoms with van der Waals surface area (Å²) in [5.41, 5.74) is 4.91. The molecule has 4 rings (SSSR count). The van der Waals surface area contributed by atoms with E-state index in [0.29, 0.717) is 27.6 Å². The Kier molecular flexibility index (Phi) is 6.01. The largest absolute Gasteiger partial charge is 0.495 e. The molecule has 0 unspecified atom stereocenters. The van der Waals surface area contributed by atoms with E-state index in [9.17, 15) is 9.59 Å². The van der Waals surface area contributed by atoms with Gasteiger partial charge in [-0.05, 0) is 43.2 Å². The van der Waals surface area contributed by atoms with Gasteiger partial charge in [0.25, 0.3) is 11.8 Å². The van der Waals surface area contributed by atoms with Crippen LogP contribution in [0.4, 0.5) is 5.69 Å². The second-order valence-corrected chi connectivity index (χ2v) is 8.18. The Morgan fingerprint density at radius 2 is 1.50 bits per heavy atom. The first-order valence-corrected chi connectivity index (χ1v) is 10.6. The van der Waals surface area contributed by atoms with Crippen molar-refractivity contribution in [3.05, 3.63) is 99.7 Å². The first-order chi connectivity index (χ1) is 15.4. The maximum Gasteiger partial charge on any atom is 0.278 e. The zero-order chi connectivity index (χ0) is 22.8. The Hall–Kier alpha value is -3.57. The summed E-state index contributed by atoms with van der Waals surface area (Å²) >= 11 is 6.26. The SMILES string of the molecule is COc1ccc(NC2=C(c3ccc(C)cc3)C(=O)N(Cc3ccc(C)cc3)C2=O)cc1Cl. The minimum absolute atomic E-state index is 0.196. The number of benzene rings is 3. The van der Waals surface area contributed by atoms with Crippen molar-refractivity contribution in [2.75, 3.05) is 12.4 Å². The van der Waals surface area contributed by atoms with E-state index in [4.69, 9.17) is 16.3 Å². The van der Waals surface area contributed by atoms with Gasteiger partial charge in [0.2, 0.25) is 0 Å². The molecule has 162 valence electrons. The number of carbonyl (C=O) groups excluding carboxylic acids is 2. The highest BCUT2D eigenvalue weighted by molar-refractivity contribution is 6.36. The summed E-state index contributed by atoms with van der Waals surface area (Å²) in [7, 11) is 1.54. The number of nitrogens with one attached hydrogen (secondary N) is 1. The summed E-state index contributed by atoms with van der Waals surface area (Å²) in [5, 5.41) is 3.53. The fraction of sp³-hybridized carbons (Fsp3) is 0.154. The molecule has 1 aliphatic heterocycles. The predicted octanol–water partition coefficient (Wildman–Crippen LogP) is 5.36. The van der Waals surface area contributed by atoms with Gasteiger partial charge in [0.15, 0.2) is 0 Å². The van der Waals surface area contributed by atoms with Crippen molar-refractivity contribution >= 4 is 34.7 Å². The number of hydrogen-bond donors (Lipinski definition) is 1. The van der Waals surface area contributed by atoms with E-state index in [1.165, 1.54) is 12.0 Å². The van der Waals surface area contributed by atoms with Crippen molar-refractivity contribution in [3.8, 4) is 5.75 Å². The minimum Gasteiger partial charge on any atom is -0.495 e. The van der Waals surface area contributed by atoms with Crippen molar-refractivity contribution in [2.45, 2.75) is 20.4 Å². The standard InChI is InChI=1S/C26H23ClN2O3/c1-16-4-8-18(9-5-16)15-29-25(30)23(19-10-6-17(2)7-11-19)24(26(29)31)28-20-12-13-22(32-3)21(27)14-20/h4-14,28H,15H2,1-3H3. The van der Waals surface area contributed by atoms with Crippen molar-refractivity contribution in [1.82, 2.24) is 4.90 Å². The smallest absolute Gasteiger partial charge is 0.278 e. The molecule has 0 saturated carbocycles. The molecule has 32 heavy (non-hydrogen) atoms. The quantitative estimate of drug-likeness (QED) is 0.518. The summed E-state index contributed by atoms with van der Waals surface area (Å²) in [5.74, 6) is -0.181. The minimum atomic E-state index is -0.377. The van der Waals surface area contributed by atoms with Crippen LogP contribution >= 0.6 is 11.6 Å². The van der Waals surface area contributed by atoms with Crippen LogP contribution in [0.15, 0.2) is 72.4 Å². The van der Waals surface area contributed by atoms with Gasteiger partial charge in [-0.15, -0.1) is 0 Å². The zero-order valence-corrected chi connectivity index (χ0v) is 18.9. The molecule has 0 aliphatic carbocycles. The zero-order valence-electron chi connectivity index (χ0n) is 18.1. The van der Waals surface area contributed by atoms with E-state index in [1.54, 1.807) is 18.2 Å². The van der Waals surface area contributed by atoms with E-state index in [-0.39, 0.29) is 24.1 Å². The Morgan fingerprint density at radius 1 is 0.875 bits per heavy atom. The van der Waals surface area contributed by atoms with Gasteiger partial charge < -0.3 is 10.1 Å². The number of aryl methyl sites for hydroxylation is 2. The first kappa shape index (κ1) is 21.7. The van der Waals surface area contributed by atoms with Crippen molar-refractivity contribution in [1.29, 1.82) is 0 Å². The highest BCUT2D eigenvalue weighted by atomic mass is 35.5. The molecule has 1 aliphatic rings. The first-order valence-electron chi connectivity index (χ1n) is 10.2. The monoisotopic (exact) mass is 446 g/mol. The van der Waals surface area contributed by atoms with Crippen molar-refractivity contribution in [2.24, 2.45) is 0 Å². The molecule has 0 radical (unpaired) electrons. The third kappa shape index (κ3) is 4.25. The summed E-state index contributed by atoms with van der Waals surface area (Å²) < 4.78 is 5.20. The summed E-state index contributed by atoms with van der Waals surface area (Å²) in [6.45, 7) is 4.17. The van der Waals surface area contributed by atoms with Crippen LogP contribution < -0.4 is 10.1 Å². The van der Waals surface area contributed by atoms with Crippen LogP contribution in [-0.2, 0) is 16.1 Å². The van der Waals surface area contributed by atoms with Gasteiger partial charge in [-0.25, -0.2) is 0 Å². The van der Waals surface area contributed by atoms with Gasteiger partial charge in [0.1, 0.15) is 11.4 Å². The maximum atomic E-state index is 13.4. The van der Waals surface area contributed by atoms with Crippen molar-refractivity contribution in [3.63, 3.8) is 0 Å². The molecule has 2 amide bonds. The van der Waals surface area contributed by atoms with E-state index >= 15 is 0 Å². The third-order valence-corrected chi connectivity index (χ3v) is 5.69. The molecule has 0 fully saturated rings. The lowest BCUT2D eigenvalue weighted by Gasteiger charge is -2.16. The number of halogens is 1. The van der Waals surface area contributed by atoms with Crippen LogP contribution in [0.2, 0.25) is 5.02 Å². The number of ether oxygens (including phenoxy) is 1. The van der Waals surface area contributed by atoms with Crippen LogP contribution in [0.3, 0.4) is 0 Å². The highest BCUT2D eigenvalue weighted by Gasteiger charge is 2.39. The molecule has 1 heterocycles. The topological polar surface area (TPSA) is 58.6 Å². The lowest BCUT2D eigenvalue weighted by molar-refractivity contribution is -0.137. The van der Waals surface area contributed by atoms with Gasteiger partial charge >= 0.3 is 0 Å². The fourth-order valence-corrected chi connectivity index (χ4v) is 3.85. The van der Waals surface area contributed by atoms with E-state index in [1.807, 2.05) is 62.4 Å². The summed E-state index contributed by atoms with van der Waals surface area (Å²) in [6.07, 6.45) is 0. The van der Waals surface area contributed by atoms with Gasteiger partial charge in [0.05, 0.1) is 24.3 Å². The predicted molar refractivity (Wildman–Crippen MR) is 126 cm³/mol. The Morgan fingerprint density at radius 3 is 2.09 bits per heavy atom. The molecular formula is C26H23ClN2O3. The van der Waals surface area contributed by atoms with E-state index < -0.39 is 0 Å². The second-order valence-electron chi connectivity index (χ2n) is 7.77. The second kappa shape index (κ2) is 8.89. The molecule has 3 aromatic carbocycles. The molecule has 6 heteroatoms. The number of nitrogens with zero attached hydrogens (tertiary/aromatic N) is 1. The molecule has 0 spiro atoms. The molecular weight excluding hydrogens is 424 g/mol. The lowest BCUT2D eigenvalue weighted by atomic mass is 10.0. The number of anilines is 1. The van der Waals surface area contributed by atoms with Gasteiger partial charge in [-0.2, -0.15) is 0 Å². The molecule has 0 aromatic heterocycles. The van der Waals surface area contributed by atoms with Crippen LogP contribution in [0.25, 0.3) is 5.57 Å². The number of amides is 2. The van der Waals surface area contributed by atoms with Crippen LogP contribution in [0, 0.1) is 13.8 Å². The average Bonchev–Trinajstić information content (AvgIpc) is 3.00. The van der Waals surface area contributed by atoms with Crippen molar-refractivity contribution < 1.29 is 14.3 Å². The Labute approximate surface area is 192 Å². The molecule has 0 saturated heterocycles. The normalized spacial score (nSPS) is 13.7. The molecule has 0 atom stereocenters. The fourth-order valence-electron chi connectivity index (χ4n) is 3.59. The molecule has 5 nitrogen and oxygen atoms in total. The number of carbonyl (C=O) groups is 2. The Balaban J connectivity index is 1.73. The molecule has 0 bridgehead atoms. The van der Waals surface area contributed by atoms with Crippen LogP contribution in [0.1, 0.15) is 22.3 Å². The number of hydrogen-bond acceptors (Lipinski definition) is 4. The molecule has 3 aromatic rings. The van der Waals surface area contributed by atoms with E-state index in [2.05, 4.69) is 5.32 Å². The van der Waals surface area contributed by atoms with Gasteiger partial charge in [-0.3, -0.25) is 14.5 Å². The van der Waals surface area contributed by atoms with Gasteiger partial charge in [-0.1, -0.05) is 71.3 Å². The number of imide groups is 1. The number of methoxy groups -OCH3 is 1. The Bertz CT molecular complexity index is 1210. The number of rotatable bonds is 6. The average molecular weight is 447 g/mol. The molecule has 1 N–H and O–H groups in total. The van der Waals surface area contributed by atoms with Gasteiger partial charge in [0, 0.05) is 5.69 Å². The third-order valence-electron chi connectivity index (χ3n) is 5.39. The maximum absolute atomic E-state index is 13.4. The van der Waals surface area contributed by atoms with E-state index in [0.717, 1.165) is 16.7 Å². The summed E-state index contributed by atoms with van der Waals surface area (Å²) in [4.78, 5) is 28.1. The highest BCUT2D eigenvalue weighted by Crippen LogP contribution is 2.33. The lowest BCUT2D eigenvalue weighted by Crippen LogP contribution is -2.32. The summed E-state index contributed by atoms with van der Waals surface area (Å²) in [6, 6.07) is 20.5. The van der Waals surface area contributed by atoms with Crippen LogP contribution in [0.5, 0.6) is 5.75 Å².